The van der Waals surface area contributed by atoms with Gasteiger partial charge in [0.25, 0.3) is 10.0 Å². The van der Waals surface area contributed by atoms with E-state index in [0.717, 1.165) is 10.5 Å². The first kappa shape index (κ1) is 33.9. The maximum absolute atomic E-state index is 13.7. The van der Waals surface area contributed by atoms with Gasteiger partial charge < -0.3 is 19.1 Å². The molecule has 0 spiro atoms. The molecule has 2 aromatic heterocycles. The van der Waals surface area contributed by atoms with E-state index in [4.69, 9.17) is 24.2 Å². The second-order valence-corrected chi connectivity index (χ2v) is 15.3. The average molecular weight is 664 g/mol. The molecule has 13 heteroatoms. The van der Waals surface area contributed by atoms with Gasteiger partial charge in [0.2, 0.25) is 0 Å². The van der Waals surface area contributed by atoms with E-state index >= 15 is 0 Å². The summed E-state index contributed by atoms with van der Waals surface area (Å²) in [6.07, 6.45) is -0.442. The Kier molecular flexibility index (Phi) is 9.08. The zero-order valence-electron chi connectivity index (χ0n) is 28.0. The number of aryl methyl sites for hydroxylation is 1. The smallest absolute Gasteiger partial charge is 0.425 e. The molecule has 2 amide bonds. The van der Waals surface area contributed by atoms with E-state index in [1.54, 1.807) is 96.1 Å². The maximum atomic E-state index is 13.7. The monoisotopic (exact) mass is 663 g/mol. The van der Waals surface area contributed by atoms with Crippen molar-refractivity contribution < 1.29 is 32.2 Å². The van der Waals surface area contributed by atoms with Crippen molar-refractivity contribution in [2.45, 2.75) is 77.5 Å². The molecule has 1 fully saturated rings. The Morgan fingerprint density at radius 3 is 2.17 bits per heavy atom. The predicted molar refractivity (Wildman–Crippen MR) is 179 cm³/mol. The van der Waals surface area contributed by atoms with Gasteiger partial charge in [0.15, 0.2) is 11.6 Å². The van der Waals surface area contributed by atoms with Gasteiger partial charge in [-0.05, 0) is 79.7 Å². The molecule has 2 aromatic carbocycles. The number of hydrogen-bond acceptors (Lipinski definition) is 10. The minimum atomic E-state index is -3.93. The molecule has 0 unspecified atom stereocenters. The van der Waals surface area contributed by atoms with Crippen molar-refractivity contribution in [3.8, 4) is 11.4 Å². The largest absolute Gasteiger partial charge is 0.443 e. The van der Waals surface area contributed by atoms with Crippen LogP contribution in [0.25, 0.3) is 22.3 Å². The summed E-state index contributed by atoms with van der Waals surface area (Å²) in [7, 11) is -3.93. The number of carbonyl (C=O) groups is 2. The highest BCUT2D eigenvalue weighted by atomic mass is 32.2. The lowest BCUT2D eigenvalue weighted by Crippen LogP contribution is -2.45. The van der Waals surface area contributed by atoms with Gasteiger partial charge in [-0.3, -0.25) is 0 Å². The Morgan fingerprint density at radius 1 is 0.936 bits per heavy atom. The Hall–Kier alpha value is -4.49. The summed E-state index contributed by atoms with van der Waals surface area (Å²) in [6, 6.07) is 15.0. The lowest BCUT2D eigenvalue weighted by atomic mass is 10.1. The molecule has 0 saturated carbocycles. The quantitative estimate of drug-likeness (QED) is 0.232. The molecule has 0 N–H and O–H groups in total. The third kappa shape index (κ3) is 7.41. The summed E-state index contributed by atoms with van der Waals surface area (Å²) in [5.74, 6) is 0.557. The average Bonchev–Trinajstić information content (AvgIpc) is 3.41. The van der Waals surface area contributed by atoms with Gasteiger partial charge >= 0.3 is 12.2 Å². The summed E-state index contributed by atoms with van der Waals surface area (Å²) in [5.41, 5.74) is 0.00309. The third-order valence-electron chi connectivity index (χ3n) is 7.26. The number of benzene rings is 2. The van der Waals surface area contributed by atoms with Gasteiger partial charge in [-0.15, -0.1) is 0 Å². The van der Waals surface area contributed by atoms with E-state index in [-0.39, 0.29) is 22.6 Å². The molecule has 1 aliphatic rings. The molecule has 47 heavy (non-hydrogen) atoms. The molecule has 0 bridgehead atoms. The number of carbonyl (C=O) groups excluding carboxylic acids is 2. The van der Waals surface area contributed by atoms with E-state index in [1.807, 2.05) is 18.7 Å². The Balaban J connectivity index is 1.70. The first-order chi connectivity index (χ1) is 21.9. The predicted octanol–water partition coefficient (Wildman–Crippen LogP) is 6.55. The van der Waals surface area contributed by atoms with E-state index in [1.165, 1.54) is 10.2 Å². The van der Waals surface area contributed by atoms with Crippen LogP contribution in [-0.2, 0) is 24.2 Å². The Bertz CT molecular complexity index is 1880. The van der Waals surface area contributed by atoms with Crippen molar-refractivity contribution in [2.75, 3.05) is 29.6 Å². The highest BCUT2D eigenvalue weighted by Gasteiger charge is 2.35. The molecule has 3 heterocycles. The zero-order valence-corrected chi connectivity index (χ0v) is 28.8. The number of nitrogens with zero attached hydrogens (tertiary/aromatic N) is 5. The first-order valence-corrected chi connectivity index (χ1v) is 16.8. The van der Waals surface area contributed by atoms with Gasteiger partial charge in [0.05, 0.1) is 29.7 Å². The molecule has 1 aliphatic heterocycles. The van der Waals surface area contributed by atoms with Crippen LogP contribution in [0.4, 0.5) is 21.2 Å². The lowest BCUT2D eigenvalue weighted by Gasteiger charge is -2.35. The van der Waals surface area contributed by atoms with Gasteiger partial charge in [0, 0.05) is 29.8 Å². The molecule has 0 aliphatic carbocycles. The van der Waals surface area contributed by atoms with E-state index < -0.39 is 33.4 Å². The lowest BCUT2D eigenvalue weighted by molar-refractivity contribution is 0.0429. The fourth-order valence-corrected chi connectivity index (χ4v) is 6.47. The molecular weight excluding hydrogens is 622 g/mol. The number of rotatable bonds is 5. The van der Waals surface area contributed by atoms with Crippen molar-refractivity contribution in [1.82, 2.24) is 13.9 Å². The topological polar surface area (TPSA) is 133 Å². The molecule has 5 rings (SSSR count). The molecule has 1 saturated heterocycles. The van der Waals surface area contributed by atoms with Crippen LogP contribution in [0.15, 0.2) is 65.7 Å². The molecule has 0 radical (unpaired) electrons. The van der Waals surface area contributed by atoms with Gasteiger partial charge in [-0.2, -0.15) is 4.90 Å². The molecule has 1 atom stereocenters. The Morgan fingerprint density at radius 2 is 1.57 bits per heavy atom. The fraction of sp³-hybridized carbons (Fsp3) is 0.412. The maximum Gasteiger partial charge on any atom is 0.425 e. The number of aromatic nitrogens is 3. The summed E-state index contributed by atoms with van der Waals surface area (Å²) in [4.78, 5) is 39.7. The van der Waals surface area contributed by atoms with Crippen LogP contribution in [0.1, 0.15) is 54.0 Å². The normalized spacial score (nSPS) is 15.8. The SMILES string of the molecule is Cc1ccc(S(=O)(=O)n2ccc3c(-c4nc(N(C(=O)OC(C)(C)C)C(=O)OC(C)(C)C)cc(N5CCOC[C@H]5C)n4)cccc32)cc1. The number of fused-ring (bicyclic) bond motifs is 1. The second-order valence-electron chi connectivity index (χ2n) is 13.5. The van der Waals surface area contributed by atoms with Crippen molar-refractivity contribution in [2.24, 2.45) is 0 Å². The zero-order chi connectivity index (χ0) is 34.3. The number of anilines is 2. The molecule has 250 valence electrons. The molecule has 4 aromatic rings. The van der Waals surface area contributed by atoms with Crippen LogP contribution >= 0.6 is 0 Å². The van der Waals surface area contributed by atoms with E-state index in [0.29, 0.717) is 42.0 Å². The van der Waals surface area contributed by atoms with Crippen LogP contribution in [-0.4, -0.2) is 71.5 Å². The third-order valence-corrected chi connectivity index (χ3v) is 8.96. The standard InChI is InChI=1S/C34H41N5O7S/c1-22-12-14-24(15-13-22)47(42,43)38-17-16-25-26(10-9-11-27(25)38)30-35-28(37-18-19-44-21-23(37)2)20-29(36-30)39(31(40)45-33(3,4)5)32(41)46-34(6,7)8/h9-17,20,23H,18-19,21H2,1-8H3/t23-/m1/s1. The van der Waals surface area contributed by atoms with Gasteiger partial charge in [-0.1, -0.05) is 29.8 Å². The van der Waals surface area contributed by atoms with Crippen LogP contribution in [0.5, 0.6) is 0 Å². The van der Waals surface area contributed by atoms with Crippen LogP contribution < -0.4 is 9.80 Å². The number of amides is 2. The number of imide groups is 1. The minimum Gasteiger partial charge on any atom is -0.443 e. The van der Waals surface area contributed by atoms with E-state index in [2.05, 4.69) is 0 Å². The number of hydrogen-bond donors (Lipinski definition) is 0. The van der Waals surface area contributed by atoms with Crippen LogP contribution in [0.3, 0.4) is 0 Å². The molecule has 12 nitrogen and oxygen atoms in total. The summed E-state index contributed by atoms with van der Waals surface area (Å²) < 4.78 is 45.5. The van der Waals surface area contributed by atoms with Gasteiger partial charge in [0.1, 0.15) is 17.0 Å². The molecular formula is C34H41N5O7S. The van der Waals surface area contributed by atoms with E-state index in [9.17, 15) is 18.0 Å². The number of morpholine rings is 1. The summed E-state index contributed by atoms with van der Waals surface area (Å²) in [5, 5.41) is 0.558. The van der Waals surface area contributed by atoms with Crippen molar-refractivity contribution in [1.29, 1.82) is 0 Å². The highest BCUT2D eigenvalue weighted by Crippen LogP contribution is 2.34. The van der Waals surface area contributed by atoms with Crippen LogP contribution in [0, 0.1) is 6.92 Å². The fourth-order valence-electron chi connectivity index (χ4n) is 5.12. The first-order valence-electron chi connectivity index (χ1n) is 15.4. The number of ether oxygens (including phenoxy) is 3. The summed E-state index contributed by atoms with van der Waals surface area (Å²) >= 11 is 0. The minimum absolute atomic E-state index is 0.0593. The van der Waals surface area contributed by atoms with Crippen molar-refractivity contribution in [3.63, 3.8) is 0 Å². The second kappa shape index (κ2) is 12.6. The summed E-state index contributed by atoms with van der Waals surface area (Å²) in [6.45, 7) is 15.5. The van der Waals surface area contributed by atoms with Gasteiger partial charge in [-0.25, -0.2) is 31.9 Å². The highest BCUT2D eigenvalue weighted by molar-refractivity contribution is 7.90. The van der Waals surface area contributed by atoms with Crippen LogP contribution in [0.2, 0.25) is 0 Å². The Labute approximate surface area is 275 Å². The van der Waals surface area contributed by atoms with Crippen molar-refractivity contribution >= 4 is 44.7 Å². The van der Waals surface area contributed by atoms with Crippen molar-refractivity contribution in [3.05, 3.63) is 66.4 Å².